The van der Waals surface area contributed by atoms with Gasteiger partial charge in [-0.25, -0.2) is 0 Å². The molecule has 1 heterocycles. The maximum Gasteiger partial charge on any atom is 0.229 e. The van der Waals surface area contributed by atoms with Gasteiger partial charge in [0.25, 0.3) is 0 Å². The fourth-order valence-electron chi connectivity index (χ4n) is 1.78. The Balaban J connectivity index is 2.19. The zero-order valence-electron chi connectivity index (χ0n) is 10.1. The lowest BCUT2D eigenvalue weighted by atomic mass is 10.1. The van der Waals surface area contributed by atoms with Crippen molar-refractivity contribution in [2.75, 3.05) is 13.1 Å². The van der Waals surface area contributed by atoms with Crippen LogP contribution in [0.5, 0.6) is 0 Å². The van der Waals surface area contributed by atoms with Crippen molar-refractivity contribution >= 4 is 16.9 Å². The number of carbonyl (C=O) groups excluding carboxylic acids is 1. The van der Waals surface area contributed by atoms with Crippen molar-refractivity contribution in [3.05, 3.63) is 30.0 Å². The highest BCUT2D eigenvalue weighted by atomic mass is 16.5. The molecule has 0 saturated heterocycles. The zero-order valence-corrected chi connectivity index (χ0v) is 10.1. The van der Waals surface area contributed by atoms with Gasteiger partial charge < -0.3 is 9.42 Å². The molecule has 0 spiro atoms. The number of likely N-dealkylation sites (N-methyl/N-ethyl adjacent to an activating group) is 1. The molecular formula is C13H13N3O2. The van der Waals surface area contributed by atoms with Gasteiger partial charge >= 0.3 is 0 Å². The van der Waals surface area contributed by atoms with E-state index in [0.717, 1.165) is 5.39 Å². The summed E-state index contributed by atoms with van der Waals surface area (Å²) >= 11 is 0. The van der Waals surface area contributed by atoms with Crippen LogP contribution in [0.3, 0.4) is 0 Å². The van der Waals surface area contributed by atoms with Crippen LogP contribution in [0, 0.1) is 11.3 Å². The van der Waals surface area contributed by atoms with Crippen LogP contribution in [0.4, 0.5) is 0 Å². The van der Waals surface area contributed by atoms with Crippen LogP contribution in [0.25, 0.3) is 11.0 Å². The monoisotopic (exact) mass is 243 g/mol. The van der Waals surface area contributed by atoms with Gasteiger partial charge in [0.05, 0.1) is 12.5 Å². The number of hydrogen-bond acceptors (Lipinski definition) is 4. The summed E-state index contributed by atoms with van der Waals surface area (Å²) in [5.74, 6) is -0.113. The molecule has 2 rings (SSSR count). The zero-order chi connectivity index (χ0) is 13.0. The number of fused-ring (bicyclic) bond motifs is 1. The summed E-state index contributed by atoms with van der Waals surface area (Å²) < 4.78 is 5.14. The lowest BCUT2D eigenvalue weighted by Crippen LogP contribution is -2.32. The Morgan fingerprint density at radius 3 is 3.00 bits per heavy atom. The molecule has 1 amide bonds. The molecule has 5 heteroatoms. The quantitative estimate of drug-likeness (QED) is 0.767. The molecule has 0 atom stereocenters. The highest BCUT2D eigenvalue weighted by Crippen LogP contribution is 2.18. The molecule has 0 N–H and O–H groups in total. The molecule has 0 radical (unpaired) electrons. The molecule has 0 fully saturated rings. The average Bonchev–Trinajstić information content (AvgIpc) is 2.79. The Morgan fingerprint density at radius 1 is 1.50 bits per heavy atom. The topological polar surface area (TPSA) is 70.1 Å². The largest absolute Gasteiger partial charge is 0.356 e. The molecular weight excluding hydrogens is 230 g/mol. The number of benzene rings is 1. The fourth-order valence-corrected chi connectivity index (χ4v) is 1.78. The summed E-state index contributed by atoms with van der Waals surface area (Å²) in [5, 5.41) is 13.4. The van der Waals surface area contributed by atoms with Crippen molar-refractivity contribution in [1.82, 2.24) is 10.1 Å². The van der Waals surface area contributed by atoms with Crippen molar-refractivity contribution in [3.8, 4) is 6.07 Å². The summed E-state index contributed by atoms with van der Waals surface area (Å²) in [5.41, 5.74) is 1.29. The molecule has 0 saturated carbocycles. The van der Waals surface area contributed by atoms with E-state index in [9.17, 15) is 4.79 Å². The van der Waals surface area contributed by atoms with E-state index >= 15 is 0 Å². The Kier molecular flexibility index (Phi) is 3.58. The van der Waals surface area contributed by atoms with Crippen molar-refractivity contribution in [3.63, 3.8) is 0 Å². The second-order valence-corrected chi connectivity index (χ2v) is 3.87. The Labute approximate surface area is 105 Å². The van der Waals surface area contributed by atoms with Gasteiger partial charge in [-0.2, -0.15) is 5.26 Å². The first-order valence-corrected chi connectivity index (χ1v) is 5.74. The number of para-hydroxylation sites is 1. The third kappa shape index (κ3) is 2.33. The predicted octanol–water partition coefficient (Wildman–Crippen LogP) is 1.74. The van der Waals surface area contributed by atoms with E-state index in [1.165, 1.54) is 4.90 Å². The first-order chi connectivity index (χ1) is 8.76. The fraction of sp³-hybridized carbons (Fsp3) is 0.308. The van der Waals surface area contributed by atoms with Gasteiger partial charge in [-0.15, -0.1) is 0 Å². The molecule has 92 valence electrons. The minimum absolute atomic E-state index is 0.102. The average molecular weight is 243 g/mol. The van der Waals surface area contributed by atoms with E-state index in [4.69, 9.17) is 9.78 Å². The van der Waals surface area contributed by atoms with Gasteiger partial charge in [0.1, 0.15) is 12.2 Å². The van der Waals surface area contributed by atoms with Crippen LogP contribution in [-0.2, 0) is 11.2 Å². The Hall–Kier alpha value is -2.35. The summed E-state index contributed by atoms with van der Waals surface area (Å²) in [6.45, 7) is 2.46. The summed E-state index contributed by atoms with van der Waals surface area (Å²) in [6.07, 6.45) is 0.159. The maximum atomic E-state index is 12.0. The predicted molar refractivity (Wildman–Crippen MR) is 65.6 cm³/mol. The SMILES string of the molecule is CCN(CC#N)C(=O)Cc1noc2ccccc12. The standard InChI is InChI=1S/C13H13N3O2/c1-2-16(8-7-14)13(17)9-11-10-5-3-4-6-12(10)18-15-11/h3-6H,2,8-9H2,1H3. The van der Waals surface area contributed by atoms with Crippen LogP contribution >= 0.6 is 0 Å². The van der Waals surface area contributed by atoms with Gasteiger partial charge in [-0.05, 0) is 19.1 Å². The normalized spacial score (nSPS) is 10.2. The molecule has 1 aromatic heterocycles. The number of nitrogens with zero attached hydrogens (tertiary/aromatic N) is 3. The summed E-state index contributed by atoms with van der Waals surface area (Å²) in [6, 6.07) is 9.39. The van der Waals surface area contributed by atoms with Gasteiger partial charge in [0.2, 0.25) is 5.91 Å². The first-order valence-electron chi connectivity index (χ1n) is 5.74. The first kappa shape index (κ1) is 12.1. The van der Waals surface area contributed by atoms with Crippen LogP contribution in [-0.4, -0.2) is 29.1 Å². The lowest BCUT2D eigenvalue weighted by Gasteiger charge is -2.16. The summed E-state index contributed by atoms with van der Waals surface area (Å²) in [7, 11) is 0. The molecule has 0 unspecified atom stereocenters. The van der Waals surface area contributed by atoms with E-state index in [1.807, 2.05) is 37.3 Å². The Bertz CT molecular complexity index is 598. The highest BCUT2D eigenvalue weighted by molar-refractivity contribution is 5.86. The third-order valence-electron chi connectivity index (χ3n) is 2.77. The van der Waals surface area contributed by atoms with E-state index in [1.54, 1.807) is 0 Å². The number of hydrogen-bond donors (Lipinski definition) is 0. The molecule has 18 heavy (non-hydrogen) atoms. The van der Waals surface area contributed by atoms with Crippen molar-refractivity contribution in [2.45, 2.75) is 13.3 Å². The lowest BCUT2D eigenvalue weighted by molar-refractivity contribution is -0.129. The van der Waals surface area contributed by atoms with Crippen LogP contribution in [0.1, 0.15) is 12.6 Å². The molecule has 5 nitrogen and oxygen atoms in total. The molecule has 0 bridgehead atoms. The van der Waals surface area contributed by atoms with E-state index in [0.29, 0.717) is 17.8 Å². The third-order valence-corrected chi connectivity index (χ3v) is 2.77. The minimum Gasteiger partial charge on any atom is -0.356 e. The minimum atomic E-state index is -0.113. The number of amides is 1. The molecule has 0 aliphatic rings. The van der Waals surface area contributed by atoms with Gasteiger partial charge in [-0.3, -0.25) is 4.79 Å². The summed E-state index contributed by atoms with van der Waals surface area (Å²) in [4.78, 5) is 13.5. The number of nitriles is 1. The van der Waals surface area contributed by atoms with Crippen molar-refractivity contribution < 1.29 is 9.32 Å². The number of rotatable bonds is 4. The van der Waals surface area contributed by atoms with Crippen LogP contribution in [0.2, 0.25) is 0 Å². The van der Waals surface area contributed by atoms with E-state index in [-0.39, 0.29) is 18.9 Å². The molecule has 2 aromatic rings. The van der Waals surface area contributed by atoms with E-state index < -0.39 is 0 Å². The van der Waals surface area contributed by atoms with Crippen LogP contribution in [0.15, 0.2) is 28.8 Å². The molecule has 0 aliphatic carbocycles. The smallest absolute Gasteiger partial charge is 0.229 e. The van der Waals surface area contributed by atoms with Gasteiger partial charge in [0.15, 0.2) is 5.58 Å². The van der Waals surface area contributed by atoms with Gasteiger partial charge in [0, 0.05) is 11.9 Å². The number of aromatic nitrogens is 1. The second kappa shape index (κ2) is 5.32. The van der Waals surface area contributed by atoms with Crippen molar-refractivity contribution in [1.29, 1.82) is 5.26 Å². The number of carbonyl (C=O) groups is 1. The molecule has 1 aromatic carbocycles. The van der Waals surface area contributed by atoms with Crippen molar-refractivity contribution in [2.24, 2.45) is 0 Å². The van der Waals surface area contributed by atoms with Crippen LogP contribution < -0.4 is 0 Å². The molecule has 0 aliphatic heterocycles. The Morgan fingerprint density at radius 2 is 2.28 bits per heavy atom. The highest BCUT2D eigenvalue weighted by Gasteiger charge is 2.16. The van der Waals surface area contributed by atoms with E-state index in [2.05, 4.69) is 5.16 Å². The second-order valence-electron chi connectivity index (χ2n) is 3.87. The van der Waals surface area contributed by atoms with Gasteiger partial charge in [-0.1, -0.05) is 17.3 Å². The maximum absolute atomic E-state index is 12.0.